The maximum atomic E-state index is 5.97. The monoisotopic (exact) mass is 242 g/mol. The minimum Gasteiger partial charge on any atom is -0.380 e. The number of nitrogens with zero attached hydrogens (tertiary/aromatic N) is 1. The van der Waals surface area contributed by atoms with Crippen LogP contribution in [0.25, 0.3) is 0 Å². The highest BCUT2D eigenvalue weighted by molar-refractivity contribution is 4.92. The number of likely N-dealkylation sites (N-methyl/N-ethyl adjacent to an activating group) is 1. The second kappa shape index (κ2) is 6.72. The minimum absolute atomic E-state index is 0.0494. The molecule has 0 aromatic carbocycles. The molecule has 1 rings (SSSR count). The van der Waals surface area contributed by atoms with Crippen LogP contribution in [0.2, 0.25) is 0 Å². The Hall–Kier alpha value is -0.120. The molecule has 0 radical (unpaired) electrons. The second-order valence-electron chi connectivity index (χ2n) is 5.82. The maximum absolute atomic E-state index is 5.97. The Labute approximate surface area is 107 Å². The van der Waals surface area contributed by atoms with Gasteiger partial charge < -0.3 is 10.5 Å². The molecule has 3 nitrogen and oxygen atoms in total. The average Bonchev–Trinajstić information content (AvgIpc) is 2.37. The van der Waals surface area contributed by atoms with Crippen molar-refractivity contribution >= 4 is 0 Å². The van der Waals surface area contributed by atoms with Crippen LogP contribution in [0.1, 0.15) is 46.0 Å². The summed E-state index contributed by atoms with van der Waals surface area (Å²) in [7, 11) is 3.96. The van der Waals surface area contributed by atoms with Crippen LogP contribution >= 0.6 is 0 Å². The largest absolute Gasteiger partial charge is 0.380 e. The normalized spacial score (nSPS) is 23.6. The number of nitrogens with two attached hydrogens (primary N) is 1. The SMILES string of the molecule is COC(C)C(C)(CN)N(C)CC1CCCCC1. The minimum atomic E-state index is -0.0494. The first-order valence-corrected chi connectivity index (χ1v) is 6.98. The molecule has 0 saturated heterocycles. The summed E-state index contributed by atoms with van der Waals surface area (Å²) in [6.45, 7) is 6.13. The van der Waals surface area contributed by atoms with Crippen LogP contribution in [0, 0.1) is 5.92 Å². The van der Waals surface area contributed by atoms with Gasteiger partial charge in [-0.25, -0.2) is 0 Å². The molecule has 0 amide bonds. The van der Waals surface area contributed by atoms with E-state index >= 15 is 0 Å². The van der Waals surface area contributed by atoms with Crippen molar-refractivity contribution in [2.75, 3.05) is 27.2 Å². The molecule has 0 aliphatic heterocycles. The molecule has 1 aliphatic rings. The summed E-state index contributed by atoms with van der Waals surface area (Å²) in [6.07, 6.45) is 7.15. The molecule has 17 heavy (non-hydrogen) atoms. The fourth-order valence-corrected chi connectivity index (χ4v) is 2.85. The predicted molar refractivity (Wildman–Crippen MR) is 73.1 cm³/mol. The first kappa shape index (κ1) is 14.9. The maximum Gasteiger partial charge on any atom is 0.0736 e. The van der Waals surface area contributed by atoms with Crippen molar-refractivity contribution in [3.8, 4) is 0 Å². The van der Waals surface area contributed by atoms with Crippen LogP contribution in [0.15, 0.2) is 0 Å². The molecule has 2 atom stereocenters. The van der Waals surface area contributed by atoms with E-state index in [0.717, 1.165) is 12.5 Å². The van der Waals surface area contributed by atoms with Gasteiger partial charge in [-0.1, -0.05) is 19.3 Å². The highest BCUT2D eigenvalue weighted by Crippen LogP contribution is 2.27. The molecule has 2 unspecified atom stereocenters. The molecule has 0 bridgehead atoms. The first-order valence-electron chi connectivity index (χ1n) is 6.98. The van der Waals surface area contributed by atoms with Crippen LogP contribution in [0.3, 0.4) is 0 Å². The lowest BCUT2D eigenvalue weighted by Crippen LogP contribution is -2.58. The molecule has 102 valence electrons. The van der Waals surface area contributed by atoms with E-state index in [9.17, 15) is 0 Å². The fourth-order valence-electron chi connectivity index (χ4n) is 2.85. The van der Waals surface area contributed by atoms with Crippen molar-refractivity contribution in [1.29, 1.82) is 0 Å². The highest BCUT2D eigenvalue weighted by atomic mass is 16.5. The lowest BCUT2D eigenvalue weighted by Gasteiger charge is -2.43. The summed E-state index contributed by atoms with van der Waals surface area (Å²) in [6, 6.07) is 0. The zero-order valence-electron chi connectivity index (χ0n) is 12.0. The lowest BCUT2D eigenvalue weighted by molar-refractivity contribution is -0.0269. The van der Waals surface area contributed by atoms with Crippen molar-refractivity contribution in [3.05, 3.63) is 0 Å². The third-order valence-corrected chi connectivity index (χ3v) is 4.77. The molecule has 1 aliphatic carbocycles. The summed E-state index contributed by atoms with van der Waals surface area (Å²) in [5.41, 5.74) is 5.92. The zero-order valence-corrected chi connectivity index (χ0v) is 12.0. The van der Waals surface area contributed by atoms with E-state index in [1.165, 1.54) is 32.1 Å². The second-order valence-corrected chi connectivity index (χ2v) is 5.82. The highest BCUT2D eigenvalue weighted by Gasteiger charge is 2.35. The van der Waals surface area contributed by atoms with Crippen LogP contribution in [0.5, 0.6) is 0 Å². The average molecular weight is 242 g/mol. The molecule has 0 heterocycles. The van der Waals surface area contributed by atoms with Crippen LogP contribution in [-0.4, -0.2) is 43.8 Å². The van der Waals surface area contributed by atoms with Gasteiger partial charge in [0.15, 0.2) is 0 Å². The first-order chi connectivity index (χ1) is 8.04. The van der Waals surface area contributed by atoms with Gasteiger partial charge in [-0.2, -0.15) is 0 Å². The van der Waals surface area contributed by atoms with Crippen molar-refractivity contribution in [1.82, 2.24) is 4.90 Å². The van der Waals surface area contributed by atoms with Gasteiger partial charge in [-0.15, -0.1) is 0 Å². The van der Waals surface area contributed by atoms with E-state index in [2.05, 4.69) is 25.8 Å². The molecule has 0 aromatic rings. The standard InChI is InChI=1S/C14H30N2O/c1-12(17-4)14(2,11-15)16(3)10-13-8-6-5-7-9-13/h12-13H,5-11,15H2,1-4H3. The topological polar surface area (TPSA) is 38.5 Å². The van der Waals surface area contributed by atoms with E-state index in [4.69, 9.17) is 10.5 Å². The van der Waals surface area contributed by atoms with E-state index in [-0.39, 0.29) is 11.6 Å². The summed E-state index contributed by atoms with van der Waals surface area (Å²) < 4.78 is 5.49. The molecular weight excluding hydrogens is 212 g/mol. The number of ether oxygens (including phenoxy) is 1. The van der Waals surface area contributed by atoms with Gasteiger partial charge in [0, 0.05) is 20.2 Å². The van der Waals surface area contributed by atoms with Crippen molar-refractivity contribution in [2.45, 2.75) is 57.6 Å². The Kier molecular flexibility index (Phi) is 5.90. The van der Waals surface area contributed by atoms with Crippen molar-refractivity contribution in [3.63, 3.8) is 0 Å². The van der Waals surface area contributed by atoms with Gasteiger partial charge in [0.05, 0.1) is 11.6 Å². The molecule has 0 spiro atoms. The van der Waals surface area contributed by atoms with E-state index in [1.807, 2.05) is 0 Å². The predicted octanol–water partition coefficient (Wildman–Crippen LogP) is 2.25. The fraction of sp³-hybridized carbons (Fsp3) is 1.00. The lowest BCUT2D eigenvalue weighted by atomic mass is 9.86. The third kappa shape index (κ3) is 3.67. The van der Waals surface area contributed by atoms with Crippen LogP contribution in [0.4, 0.5) is 0 Å². The molecule has 0 aromatic heterocycles. The Morgan fingerprint density at radius 3 is 2.41 bits per heavy atom. The Morgan fingerprint density at radius 2 is 1.94 bits per heavy atom. The molecular formula is C14H30N2O. The Bertz CT molecular complexity index is 216. The Balaban J connectivity index is 2.55. The zero-order chi connectivity index (χ0) is 12.9. The number of rotatable bonds is 6. The summed E-state index contributed by atoms with van der Waals surface area (Å²) in [4.78, 5) is 2.41. The molecule has 1 saturated carbocycles. The van der Waals surface area contributed by atoms with Gasteiger partial charge in [0.2, 0.25) is 0 Å². The summed E-state index contributed by atoms with van der Waals surface area (Å²) >= 11 is 0. The van der Waals surface area contributed by atoms with Gasteiger partial charge in [-0.05, 0) is 39.7 Å². The van der Waals surface area contributed by atoms with E-state index in [0.29, 0.717) is 6.54 Å². The van der Waals surface area contributed by atoms with Gasteiger partial charge >= 0.3 is 0 Å². The quantitative estimate of drug-likeness (QED) is 0.776. The number of hydrogen-bond donors (Lipinski definition) is 1. The molecule has 3 heteroatoms. The van der Waals surface area contributed by atoms with E-state index in [1.54, 1.807) is 7.11 Å². The summed E-state index contributed by atoms with van der Waals surface area (Å²) in [5, 5.41) is 0. The smallest absolute Gasteiger partial charge is 0.0736 e. The van der Waals surface area contributed by atoms with Crippen molar-refractivity contribution in [2.24, 2.45) is 11.7 Å². The van der Waals surface area contributed by atoms with Crippen LogP contribution in [-0.2, 0) is 4.74 Å². The molecule has 2 N–H and O–H groups in total. The third-order valence-electron chi connectivity index (χ3n) is 4.77. The summed E-state index contributed by atoms with van der Waals surface area (Å²) in [5.74, 6) is 0.851. The van der Waals surface area contributed by atoms with Gasteiger partial charge in [0.1, 0.15) is 0 Å². The van der Waals surface area contributed by atoms with E-state index < -0.39 is 0 Å². The van der Waals surface area contributed by atoms with Gasteiger partial charge in [0.25, 0.3) is 0 Å². The van der Waals surface area contributed by atoms with Gasteiger partial charge in [-0.3, -0.25) is 4.90 Å². The molecule has 1 fully saturated rings. The Morgan fingerprint density at radius 1 is 1.35 bits per heavy atom. The number of hydrogen-bond acceptors (Lipinski definition) is 3. The number of methoxy groups -OCH3 is 1. The van der Waals surface area contributed by atoms with Crippen molar-refractivity contribution < 1.29 is 4.74 Å². The van der Waals surface area contributed by atoms with Crippen LogP contribution < -0.4 is 5.73 Å².